The number of rotatable bonds is 5. The Morgan fingerprint density at radius 2 is 1.46 bits per heavy atom. The molecule has 0 bridgehead atoms. The fraction of sp³-hybridized carbons (Fsp3) is 1.00. The Morgan fingerprint density at radius 1 is 1.00 bits per heavy atom. The molecule has 0 fully saturated rings. The predicted octanol–water partition coefficient (Wildman–Crippen LogP) is -11.3. The molecule has 0 aromatic carbocycles. The molecule has 0 aliphatic heterocycles. The van der Waals surface area contributed by atoms with Gasteiger partial charge in [0, 0.05) is 6.61 Å². The van der Waals surface area contributed by atoms with Gasteiger partial charge in [-0.25, -0.2) is 0 Å². The van der Waals surface area contributed by atoms with E-state index in [2.05, 4.69) is 4.43 Å². The van der Waals surface area contributed by atoms with Gasteiger partial charge in [0.2, 0.25) is 0 Å². The minimum absolute atomic E-state index is 0. The molecule has 0 heterocycles. The molecule has 0 spiro atoms. The second-order valence-electron chi connectivity index (χ2n) is 2.06. The molecule has 8 heteroatoms. The van der Waals surface area contributed by atoms with Crippen molar-refractivity contribution in [1.29, 1.82) is 0 Å². The van der Waals surface area contributed by atoms with Crippen LogP contribution in [0.4, 0.5) is 0 Å². The van der Waals surface area contributed by atoms with Gasteiger partial charge in [-0.1, -0.05) is 19.8 Å². The fourth-order valence-corrected chi connectivity index (χ4v) is 0.944. The molecule has 0 aliphatic carbocycles. The second-order valence-corrected chi connectivity index (χ2v) is 3.34. The van der Waals surface area contributed by atoms with Crippen LogP contribution in [0.1, 0.15) is 26.2 Å². The minimum Gasteiger partial charge on any atom is -0.861 e. The summed E-state index contributed by atoms with van der Waals surface area (Å²) in [5.74, 6) is 0. The fourth-order valence-electron chi connectivity index (χ4n) is 0.549. The van der Waals surface area contributed by atoms with E-state index in [1.165, 1.54) is 0 Å². The third kappa shape index (κ3) is 26.5. The van der Waals surface area contributed by atoms with Crippen LogP contribution >= 0.6 is 0 Å². The summed E-state index contributed by atoms with van der Waals surface area (Å²) in [6.45, 7) is 2.02. The van der Waals surface area contributed by atoms with Crippen LogP contribution in [0.3, 0.4) is 0 Å². The third-order valence-corrected chi connectivity index (χ3v) is 1.58. The Labute approximate surface area is 208 Å². The second kappa shape index (κ2) is 17.0. The quantitative estimate of drug-likeness (QED) is 0.370. The SMILES string of the molecule is CCCCCO[Si]([O-])([O-])[O-].[K+].[K+].[K+]. The molecule has 0 aliphatic rings. The summed E-state index contributed by atoms with van der Waals surface area (Å²) < 4.78 is 4.00. The topological polar surface area (TPSA) is 78.4 Å². The Hall–Kier alpha value is 4.97. The molecule has 0 aromatic heterocycles. The van der Waals surface area contributed by atoms with E-state index in [0.717, 1.165) is 12.8 Å². The summed E-state index contributed by atoms with van der Waals surface area (Å²) in [5, 5.41) is 0. The number of unbranched alkanes of at least 4 members (excludes halogenated alkanes) is 2. The molecule has 0 radical (unpaired) electrons. The normalized spacial score (nSPS) is 9.23. The summed E-state index contributed by atoms with van der Waals surface area (Å²) >= 11 is 0. The van der Waals surface area contributed by atoms with E-state index in [4.69, 9.17) is 0 Å². The Morgan fingerprint density at radius 3 is 1.77 bits per heavy atom. The van der Waals surface area contributed by atoms with E-state index in [-0.39, 0.29) is 161 Å². The van der Waals surface area contributed by atoms with Crippen molar-refractivity contribution in [2.45, 2.75) is 26.2 Å². The van der Waals surface area contributed by atoms with Crippen LogP contribution in [0.2, 0.25) is 0 Å². The molecule has 0 saturated carbocycles. The molecule has 13 heavy (non-hydrogen) atoms. The van der Waals surface area contributed by atoms with E-state index < -0.39 is 9.05 Å². The summed E-state index contributed by atoms with van der Waals surface area (Å²) in [7, 11) is -4.96. The molecule has 0 rings (SSSR count). The van der Waals surface area contributed by atoms with Crippen molar-refractivity contribution in [3.63, 3.8) is 0 Å². The van der Waals surface area contributed by atoms with Crippen molar-refractivity contribution in [2.75, 3.05) is 6.61 Å². The molecule has 0 saturated heterocycles. The molecule has 0 N–H and O–H groups in total. The first-order valence-corrected chi connectivity index (χ1v) is 4.95. The maximum absolute atomic E-state index is 9.87. The average molecular weight is 281 g/mol. The monoisotopic (exact) mass is 280 g/mol. The predicted molar refractivity (Wildman–Crippen MR) is 31.2 cm³/mol. The number of hydrogen-bond donors (Lipinski definition) is 0. The van der Waals surface area contributed by atoms with Crippen molar-refractivity contribution in [3.8, 4) is 0 Å². The Balaban J connectivity index is -0.000000135. The van der Waals surface area contributed by atoms with Crippen LogP contribution in [0, 0.1) is 0 Å². The van der Waals surface area contributed by atoms with Crippen LogP contribution in [0.25, 0.3) is 0 Å². The summed E-state index contributed by atoms with van der Waals surface area (Å²) in [6.07, 6.45) is 2.51. The van der Waals surface area contributed by atoms with E-state index in [9.17, 15) is 14.4 Å². The molecule has 0 unspecified atom stereocenters. The van der Waals surface area contributed by atoms with Crippen molar-refractivity contribution < 1.29 is 173 Å². The third-order valence-electron chi connectivity index (χ3n) is 1.03. The van der Waals surface area contributed by atoms with Gasteiger partial charge in [-0.15, -0.1) is 9.05 Å². The molecular formula is C5H11K3O4Si. The maximum Gasteiger partial charge on any atom is 1.00 e. The van der Waals surface area contributed by atoms with Crippen molar-refractivity contribution in [3.05, 3.63) is 0 Å². The van der Waals surface area contributed by atoms with E-state index in [1.54, 1.807) is 0 Å². The zero-order valence-electron chi connectivity index (χ0n) is 8.96. The van der Waals surface area contributed by atoms with E-state index >= 15 is 0 Å². The maximum atomic E-state index is 9.87. The first-order chi connectivity index (χ1) is 4.56. The van der Waals surface area contributed by atoms with Gasteiger partial charge in [0.05, 0.1) is 0 Å². The van der Waals surface area contributed by atoms with Crippen LogP contribution in [-0.2, 0) is 4.43 Å². The number of hydrogen-bond acceptors (Lipinski definition) is 4. The van der Waals surface area contributed by atoms with Crippen molar-refractivity contribution in [2.24, 2.45) is 0 Å². The van der Waals surface area contributed by atoms with Gasteiger partial charge < -0.3 is 18.8 Å². The zero-order chi connectivity index (χ0) is 8.04. The first kappa shape index (κ1) is 26.5. The molecule has 0 atom stereocenters. The van der Waals surface area contributed by atoms with Crippen molar-refractivity contribution in [1.82, 2.24) is 0 Å². The van der Waals surface area contributed by atoms with Gasteiger partial charge in [-0.05, 0) is 6.42 Å². The van der Waals surface area contributed by atoms with E-state index in [0.29, 0.717) is 6.42 Å². The standard InChI is InChI=1S/C5H11O4Si.3K/c1-2-3-4-5-9-10(6,7)8;;;/h2-5H2,1H3;;;/q-3;3*+1. The average Bonchev–Trinajstić information content (AvgIpc) is 1.78. The summed E-state index contributed by atoms with van der Waals surface area (Å²) in [6, 6.07) is 0. The molecular weight excluding hydrogens is 269 g/mol. The van der Waals surface area contributed by atoms with E-state index in [1.807, 2.05) is 6.92 Å². The Bertz CT molecular complexity index is 90.3. The van der Waals surface area contributed by atoms with Gasteiger partial charge in [-0.3, -0.25) is 0 Å². The first-order valence-electron chi connectivity index (χ1n) is 3.31. The minimum atomic E-state index is -4.96. The summed E-state index contributed by atoms with van der Waals surface area (Å²) in [5.41, 5.74) is 0. The smallest absolute Gasteiger partial charge is 0.861 e. The van der Waals surface area contributed by atoms with Crippen LogP contribution in [-0.4, -0.2) is 15.7 Å². The largest absolute Gasteiger partial charge is 1.00 e. The molecule has 62 valence electrons. The van der Waals surface area contributed by atoms with Crippen molar-refractivity contribution >= 4 is 9.05 Å². The molecule has 0 amide bonds. The van der Waals surface area contributed by atoms with Crippen LogP contribution < -0.4 is 169 Å². The zero-order valence-corrected chi connectivity index (χ0v) is 19.3. The van der Waals surface area contributed by atoms with Gasteiger partial charge in [0.1, 0.15) is 0 Å². The molecule has 0 aromatic rings. The van der Waals surface area contributed by atoms with Gasteiger partial charge in [0.15, 0.2) is 0 Å². The summed E-state index contributed by atoms with van der Waals surface area (Å²) in [4.78, 5) is 29.6. The van der Waals surface area contributed by atoms with Gasteiger partial charge in [-0.2, -0.15) is 0 Å². The van der Waals surface area contributed by atoms with Crippen LogP contribution in [0.5, 0.6) is 0 Å². The van der Waals surface area contributed by atoms with Gasteiger partial charge in [0.25, 0.3) is 0 Å². The Kier molecular flexibility index (Phi) is 34.6. The molecule has 4 nitrogen and oxygen atoms in total. The van der Waals surface area contributed by atoms with Gasteiger partial charge >= 0.3 is 154 Å². The van der Waals surface area contributed by atoms with Crippen LogP contribution in [0.15, 0.2) is 0 Å².